The number of carbonyl (C=O) groups is 1. The van der Waals surface area contributed by atoms with E-state index >= 15 is 0 Å². The van der Waals surface area contributed by atoms with Crippen molar-refractivity contribution >= 4 is 35.0 Å². The van der Waals surface area contributed by atoms with E-state index in [1.54, 1.807) is 30.3 Å². The molecule has 0 radical (unpaired) electrons. The summed E-state index contributed by atoms with van der Waals surface area (Å²) in [5, 5.41) is 1.34. The highest BCUT2D eigenvalue weighted by Gasteiger charge is 2.34. The van der Waals surface area contributed by atoms with Gasteiger partial charge in [0.25, 0.3) is 0 Å². The summed E-state index contributed by atoms with van der Waals surface area (Å²) < 4.78 is 53.1. The second-order valence-corrected chi connectivity index (χ2v) is 7.88. The van der Waals surface area contributed by atoms with Crippen LogP contribution in [-0.2, 0) is 11.0 Å². The first-order valence-electron chi connectivity index (χ1n) is 8.58. The third kappa shape index (κ3) is 5.48. The number of hydrogen-bond donors (Lipinski definition) is 1. The number of benzene rings is 2. The Bertz CT molecular complexity index is 1060. The number of anilines is 1. The zero-order chi connectivity index (χ0) is 21.9. The van der Waals surface area contributed by atoms with Gasteiger partial charge in [-0.3, -0.25) is 4.79 Å². The van der Waals surface area contributed by atoms with Gasteiger partial charge in [-0.2, -0.15) is 13.2 Å². The van der Waals surface area contributed by atoms with Crippen LogP contribution in [0.15, 0.2) is 59.8 Å². The molecule has 0 unspecified atom stereocenters. The molecule has 1 heterocycles. The van der Waals surface area contributed by atoms with Gasteiger partial charge in [0.15, 0.2) is 5.16 Å². The van der Waals surface area contributed by atoms with Crippen molar-refractivity contribution in [1.82, 2.24) is 9.97 Å². The van der Waals surface area contributed by atoms with E-state index in [1.807, 2.05) is 0 Å². The van der Waals surface area contributed by atoms with Crippen LogP contribution in [0.25, 0.3) is 11.3 Å². The fraction of sp³-hybridized carbons (Fsp3) is 0.150. The van der Waals surface area contributed by atoms with Crippen molar-refractivity contribution in [3.8, 4) is 11.3 Å². The van der Waals surface area contributed by atoms with E-state index in [2.05, 4.69) is 15.3 Å². The Morgan fingerprint density at radius 2 is 1.80 bits per heavy atom. The van der Waals surface area contributed by atoms with Gasteiger partial charge in [-0.05, 0) is 31.2 Å². The number of carbonyl (C=O) groups excluding carboxylic acids is 1. The maximum Gasteiger partial charge on any atom is 0.433 e. The molecule has 0 bridgehead atoms. The third-order valence-electron chi connectivity index (χ3n) is 3.90. The van der Waals surface area contributed by atoms with Crippen LogP contribution in [0.1, 0.15) is 12.6 Å². The highest BCUT2D eigenvalue weighted by molar-refractivity contribution is 8.00. The Morgan fingerprint density at radius 3 is 2.43 bits per heavy atom. The smallest absolute Gasteiger partial charge is 0.325 e. The van der Waals surface area contributed by atoms with Gasteiger partial charge in [0.1, 0.15) is 11.5 Å². The fourth-order valence-corrected chi connectivity index (χ4v) is 3.37. The van der Waals surface area contributed by atoms with Crippen molar-refractivity contribution in [2.75, 3.05) is 5.32 Å². The van der Waals surface area contributed by atoms with Crippen LogP contribution in [0.3, 0.4) is 0 Å². The largest absolute Gasteiger partial charge is 0.433 e. The predicted molar refractivity (Wildman–Crippen MR) is 108 cm³/mol. The Morgan fingerprint density at radius 1 is 1.10 bits per heavy atom. The van der Waals surface area contributed by atoms with Gasteiger partial charge < -0.3 is 5.32 Å². The number of alkyl halides is 3. The second-order valence-electron chi connectivity index (χ2n) is 6.16. The summed E-state index contributed by atoms with van der Waals surface area (Å²) in [6.07, 6.45) is -4.67. The van der Waals surface area contributed by atoms with Gasteiger partial charge in [-0.15, -0.1) is 0 Å². The fourth-order valence-electron chi connectivity index (χ4n) is 2.41. The minimum Gasteiger partial charge on any atom is -0.325 e. The molecule has 10 heteroatoms. The molecule has 0 saturated carbocycles. The number of nitrogens with one attached hydrogen (secondary N) is 1. The van der Waals surface area contributed by atoms with Crippen molar-refractivity contribution in [3.05, 3.63) is 71.1 Å². The highest BCUT2D eigenvalue weighted by atomic mass is 35.5. The first-order chi connectivity index (χ1) is 14.1. The summed E-state index contributed by atoms with van der Waals surface area (Å²) in [5.74, 6) is -1.16. The van der Waals surface area contributed by atoms with Gasteiger partial charge in [0.2, 0.25) is 5.91 Å². The molecule has 3 rings (SSSR count). The Balaban J connectivity index is 1.83. The van der Waals surface area contributed by atoms with E-state index in [0.29, 0.717) is 5.56 Å². The standard InChI is InChI=1S/C20H14ClF4N3OS/c1-11(18(29)26-13-7-8-15(22)14(21)9-13)30-19-27-16(12-5-3-2-4-6-12)10-17(28-19)20(23,24)25/h2-11H,1H3,(H,26,29)/t11-/m0/s1. The lowest BCUT2D eigenvalue weighted by atomic mass is 10.1. The molecule has 4 nitrogen and oxygen atoms in total. The zero-order valence-electron chi connectivity index (χ0n) is 15.4. The van der Waals surface area contributed by atoms with Gasteiger partial charge in [-0.1, -0.05) is 53.7 Å². The molecular formula is C20H14ClF4N3OS. The molecule has 0 spiro atoms. The van der Waals surface area contributed by atoms with Gasteiger partial charge in [0.05, 0.1) is 16.0 Å². The molecule has 1 N–H and O–H groups in total. The van der Waals surface area contributed by atoms with Gasteiger partial charge in [0, 0.05) is 11.3 Å². The molecule has 0 saturated heterocycles. The lowest BCUT2D eigenvalue weighted by molar-refractivity contribution is -0.141. The molecule has 0 fully saturated rings. The Kier molecular flexibility index (Phi) is 6.62. The minimum absolute atomic E-state index is 0.0957. The van der Waals surface area contributed by atoms with E-state index in [0.717, 1.165) is 23.9 Å². The quantitative estimate of drug-likeness (QED) is 0.288. The molecule has 2 aromatic carbocycles. The molecule has 3 aromatic rings. The van der Waals surface area contributed by atoms with Crippen LogP contribution in [0.2, 0.25) is 5.02 Å². The number of nitrogens with zero attached hydrogens (tertiary/aromatic N) is 2. The first kappa shape index (κ1) is 22.0. The monoisotopic (exact) mass is 455 g/mol. The topological polar surface area (TPSA) is 54.9 Å². The van der Waals surface area contributed by atoms with E-state index < -0.39 is 28.8 Å². The Labute approximate surface area is 178 Å². The first-order valence-corrected chi connectivity index (χ1v) is 9.83. The predicted octanol–water partition coefficient (Wildman–Crippen LogP) is 6.07. The molecule has 0 aliphatic carbocycles. The highest BCUT2D eigenvalue weighted by Crippen LogP contribution is 2.33. The SMILES string of the molecule is C[C@H](Sc1nc(-c2ccccc2)cc(C(F)(F)F)n1)C(=O)Nc1ccc(F)c(Cl)c1. The maximum absolute atomic E-state index is 13.3. The molecule has 1 atom stereocenters. The van der Waals surface area contributed by atoms with Crippen LogP contribution in [0, 0.1) is 5.82 Å². The summed E-state index contributed by atoms with van der Waals surface area (Å²) >= 11 is 6.46. The van der Waals surface area contributed by atoms with E-state index in [1.165, 1.54) is 19.1 Å². The molecule has 0 aliphatic heterocycles. The molecule has 1 amide bonds. The normalized spacial score (nSPS) is 12.5. The average Bonchev–Trinajstić information content (AvgIpc) is 2.70. The summed E-state index contributed by atoms with van der Waals surface area (Å²) in [6.45, 7) is 1.50. The molecule has 1 aromatic heterocycles. The van der Waals surface area contributed by atoms with E-state index in [9.17, 15) is 22.4 Å². The maximum atomic E-state index is 13.3. The van der Waals surface area contributed by atoms with Crippen LogP contribution >= 0.6 is 23.4 Å². The van der Waals surface area contributed by atoms with Gasteiger partial charge >= 0.3 is 6.18 Å². The molecule has 30 heavy (non-hydrogen) atoms. The number of thioether (sulfide) groups is 1. The summed E-state index contributed by atoms with van der Waals surface area (Å²) in [6, 6.07) is 12.9. The molecule has 156 valence electrons. The Hall–Kier alpha value is -2.65. The van der Waals surface area contributed by atoms with E-state index in [-0.39, 0.29) is 21.6 Å². The lowest BCUT2D eigenvalue weighted by Crippen LogP contribution is -2.23. The number of halogens is 5. The van der Waals surface area contributed by atoms with Crippen LogP contribution in [0.4, 0.5) is 23.2 Å². The van der Waals surface area contributed by atoms with E-state index in [4.69, 9.17) is 11.6 Å². The minimum atomic E-state index is -4.67. The number of aromatic nitrogens is 2. The van der Waals surface area contributed by atoms with Crippen LogP contribution in [0.5, 0.6) is 0 Å². The number of rotatable bonds is 5. The summed E-state index contributed by atoms with van der Waals surface area (Å²) in [4.78, 5) is 20.1. The van der Waals surface area contributed by atoms with Crippen LogP contribution in [-0.4, -0.2) is 21.1 Å². The summed E-state index contributed by atoms with van der Waals surface area (Å²) in [5.41, 5.74) is -0.255. The van der Waals surface area contributed by atoms with Crippen molar-refractivity contribution in [2.45, 2.75) is 23.5 Å². The van der Waals surface area contributed by atoms with Crippen molar-refractivity contribution in [2.24, 2.45) is 0 Å². The van der Waals surface area contributed by atoms with Gasteiger partial charge in [-0.25, -0.2) is 14.4 Å². The summed E-state index contributed by atoms with van der Waals surface area (Å²) in [7, 11) is 0. The number of amides is 1. The molecular weight excluding hydrogens is 442 g/mol. The van der Waals surface area contributed by atoms with Crippen LogP contribution < -0.4 is 5.32 Å². The number of hydrogen-bond acceptors (Lipinski definition) is 4. The van der Waals surface area contributed by atoms with Crippen molar-refractivity contribution < 1.29 is 22.4 Å². The lowest BCUT2D eigenvalue weighted by Gasteiger charge is -2.14. The average molecular weight is 456 g/mol. The van der Waals surface area contributed by atoms with Crippen molar-refractivity contribution in [1.29, 1.82) is 0 Å². The second kappa shape index (κ2) is 9.01. The third-order valence-corrected chi connectivity index (χ3v) is 5.15. The molecule has 0 aliphatic rings. The zero-order valence-corrected chi connectivity index (χ0v) is 16.9. The van der Waals surface area contributed by atoms with Crippen molar-refractivity contribution in [3.63, 3.8) is 0 Å².